The molecule has 19 heavy (non-hydrogen) atoms. The molecule has 0 atom stereocenters. The number of hydrogen-bond acceptors (Lipinski definition) is 4. The van der Waals surface area contributed by atoms with Crippen molar-refractivity contribution in [1.29, 1.82) is 0 Å². The summed E-state index contributed by atoms with van der Waals surface area (Å²) >= 11 is 1.56. The van der Waals surface area contributed by atoms with Crippen molar-refractivity contribution in [3.05, 3.63) is 21.9 Å². The van der Waals surface area contributed by atoms with Crippen molar-refractivity contribution in [2.75, 3.05) is 32.7 Å². The summed E-state index contributed by atoms with van der Waals surface area (Å²) in [4.78, 5) is 18.4. The first-order valence-electron chi connectivity index (χ1n) is 6.65. The fraction of sp³-hybridized carbons (Fsp3) is 0.643. The van der Waals surface area contributed by atoms with E-state index >= 15 is 0 Å². The molecule has 0 bridgehead atoms. The summed E-state index contributed by atoms with van der Waals surface area (Å²) < 4.78 is 0. The average Bonchev–Trinajstić information content (AvgIpc) is 2.74. The third kappa shape index (κ3) is 4.03. The number of aliphatic hydroxyl groups is 1. The molecule has 1 aliphatic heterocycles. The second-order valence-electron chi connectivity index (χ2n) is 5.79. The van der Waals surface area contributed by atoms with Crippen LogP contribution in [0.25, 0.3) is 0 Å². The fourth-order valence-electron chi connectivity index (χ4n) is 2.36. The number of piperazine rings is 1. The third-order valence-electron chi connectivity index (χ3n) is 3.22. The van der Waals surface area contributed by atoms with Gasteiger partial charge in [0.1, 0.15) is 0 Å². The van der Waals surface area contributed by atoms with Gasteiger partial charge in [-0.05, 0) is 32.9 Å². The second kappa shape index (κ2) is 5.61. The molecule has 1 aliphatic rings. The van der Waals surface area contributed by atoms with E-state index in [0.29, 0.717) is 6.54 Å². The lowest BCUT2D eigenvalue weighted by molar-refractivity contribution is 0.0179. The molecule has 0 saturated carbocycles. The molecular formula is C14H22N2O2S. The molecule has 1 aromatic heterocycles. The van der Waals surface area contributed by atoms with E-state index in [0.717, 1.165) is 31.1 Å². The number of nitrogens with zero attached hydrogens (tertiary/aromatic N) is 2. The largest absolute Gasteiger partial charge is 0.389 e. The molecule has 5 heteroatoms. The van der Waals surface area contributed by atoms with Gasteiger partial charge >= 0.3 is 0 Å². The van der Waals surface area contributed by atoms with Gasteiger partial charge in [0.15, 0.2) is 0 Å². The Hall–Kier alpha value is -0.910. The van der Waals surface area contributed by atoms with E-state index in [1.165, 1.54) is 4.88 Å². The highest BCUT2D eigenvalue weighted by Crippen LogP contribution is 2.18. The van der Waals surface area contributed by atoms with E-state index in [1.807, 2.05) is 37.8 Å². The standard InChI is InChI=1S/C14H22N2O2S/c1-11-4-5-12(19-11)13(17)16-8-6-15(7-9-16)10-14(2,3)18/h4-5,18H,6-10H2,1-3H3. The lowest BCUT2D eigenvalue weighted by atomic mass is 10.1. The molecule has 2 heterocycles. The van der Waals surface area contributed by atoms with Crippen LogP contribution >= 0.6 is 11.3 Å². The average molecular weight is 282 g/mol. The van der Waals surface area contributed by atoms with Crippen LogP contribution in [0.15, 0.2) is 12.1 Å². The molecule has 1 N–H and O–H groups in total. The van der Waals surface area contributed by atoms with Crippen molar-refractivity contribution in [3.63, 3.8) is 0 Å². The first kappa shape index (κ1) is 14.5. The maximum atomic E-state index is 12.3. The van der Waals surface area contributed by atoms with Crippen molar-refractivity contribution in [1.82, 2.24) is 9.80 Å². The normalized spacial score (nSPS) is 17.8. The summed E-state index contributed by atoms with van der Waals surface area (Å²) in [6, 6.07) is 3.90. The van der Waals surface area contributed by atoms with Gasteiger partial charge in [0.05, 0.1) is 10.5 Å². The predicted octanol–water partition coefficient (Wildman–Crippen LogP) is 1.59. The zero-order valence-electron chi connectivity index (χ0n) is 11.8. The minimum Gasteiger partial charge on any atom is -0.389 e. The molecule has 0 radical (unpaired) electrons. The van der Waals surface area contributed by atoms with E-state index in [1.54, 1.807) is 11.3 Å². The van der Waals surface area contributed by atoms with E-state index < -0.39 is 5.60 Å². The van der Waals surface area contributed by atoms with Crippen molar-refractivity contribution in [3.8, 4) is 0 Å². The van der Waals surface area contributed by atoms with Crippen LogP contribution in [0.4, 0.5) is 0 Å². The van der Waals surface area contributed by atoms with Crippen LogP contribution in [-0.2, 0) is 0 Å². The van der Waals surface area contributed by atoms with E-state index in [2.05, 4.69) is 4.90 Å². The molecule has 0 spiro atoms. The van der Waals surface area contributed by atoms with Gasteiger partial charge in [0.25, 0.3) is 5.91 Å². The van der Waals surface area contributed by atoms with Crippen LogP contribution in [0.2, 0.25) is 0 Å². The highest BCUT2D eigenvalue weighted by molar-refractivity contribution is 7.13. The highest BCUT2D eigenvalue weighted by atomic mass is 32.1. The number of amides is 1. The number of aryl methyl sites for hydroxylation is 1. The minimum absolute atomic E-state index is 0.140. The SMILES string of the molecule is Cc1ccc(C(=O)N2CCN(CC(C)(C)O)CC2)s1. The number of carbonyl (C=O) groups is 1. The number of rotatable bonds is 3. The number of β-amino-alcohol motifs (C(OH)–C–C–N with tert-alkyl or cyclic N) is 1. The zero-order chi connectivity index (χ0) is 14.0. The van der Waals surface area contributed by atoms with Crippen LogP contribution < -0.4 is 0 Å². The van der Waals surface area contributed by atoms with Crippen LogP contribution in [0.5, 0.6) is 0 Å². The van der Waals surface area contributed by atoms with Gasteiger partial charge in [-0.2, -0.15) is 0 Å². The van der Waals surface area contributed by atoms with Crippen molar-refractivity contribution in [2.45, 2.75) is 26.4 Å². The molecule has 2 rings (SSSR count). The molecular weight excluding hydrogens is 260 g/mol. The monoisotopic (exact) mass is 282 g/mol. The van der Waals surface area contributed by atoms with Gasteiger partial charge < -0.3 is 10.0 Å². The van der Waals surface area contributed by atoms with Crippen molar-refractivity contribution in [2.24, 2.45) is 0 Å². The Kier molecular flexibility index (Phi) is 4.28. The Bertz CT molecular complexity index is 443. The first-order valence-corrected chi connectivity index (χ1v) is 7.47. The topological polar surface area (TPSA) is 43.8 Å². The van der Waals surface area contributed by atoms with Gasteiger partial charge in [0.2, 0.25) is 0 Å². The molecule has 0 unspecified atom stereocenters. The number of carbonyl (C=O) groups excluding carboxylic acids is 1. The fourth-order valence-corrected chi connectivity index (χ4v) is 3.20. The Balaban J connectivity index is 1.88. The predicted molar refractivity (Wildman–Crippen MR) is 77.7 cm³/mol. The van der Waals surface area contributed by atoms with Crippen LogP contribution in [0, 0.1) is 6.92 Å². The molecule has 1 amide bonds. The molecule has 1 saturated heterocycles. The van der Waals surface area contributed by atoms with E-state index in [9.17, 15) is 9.90 Å². The van der Waals surface area contributed by atoms with Gasteiger partial charge in [0, 0.05) is 37.6 Å². The Morgan fingerprint density at radius 3 is 2.42 bits per heavy atom. The van der Waals surface area contributed by atoms with Gasteiger partial charge in [-0.1, -0.05) is 0 Å². The van der Waals surface area contributed by atoms with E-state index in [-0.39, 0.29) is 5.91 Å². The lowest BCUT2D eigenvalue weighted by Gasteiger charge is -2.37. The summed E-state index contributed by atoms with van der Waals surface area (Å²) in [5.74, 6) is 0.140. The second-order valence-corrected chi connectivity index (χ2v) is 7.08. The summed E-state index contributed by atoms with van der Waals surface area (Å²) in [6.07, 6.45) is 0. The van der Waals surface area contributed by atoms with E-state index in [4.69, 9.17) is 0 Å². The Morgan fingerprint density at radius 1 is 1.32 bits per heavy atom. The molecule has 0 aliphatic carbocycles. The first-order chi connectivity index (χ1) is 8.85. The molecule has 0 aromatic carbocycles. The minimum atomic E-state index is -0.670. The number of thiophene rings is 1. The molecule has 106 valence electrons. The summed E-state index contributed by atoms with van der Waals surface area (Å²) in [5, 5.41) is 9.81. The maximum Gasteiger partial charge on any atom is 0.264 e. The quantitative estimate of drug-likeness (QED) is 0.915. The molecule has 1 aromatic rings. The van der Waals surface area contributed by atoms with Gasteiger partial charge in [-0.3, -0.25) is 9.69 Å². The van der Waals surface area contributed by atoms with Crippen LogP contribution in [-0.4, -0.2) is 59.1 Å². The summed E-state index contributed by atoms with van der Waals surface area (Å²) in [5.41, 5.74) is -0.670. The molecule has 1 fully saturated rings. The Labute approximate surface area is 118 Å². The smallest absolute Gasteiger partial charge is 0.264 e. The van der Waals surface area contributed by atoms with Crippen molar-refractivity contribution >= 4 is 17.2 Å². The zero-order valence-corrected chi connectivity index (χ0v) is 12.7. The van der Waals surface area contributed by atoms with Crippen LogP contribution in [0.3, 0.4) is 0 Å². The highest BCUT2D eigenvalue weighted by Gasteiger charge is 2.25. The van der Waals surface area contributed by atoms with Crippen LogP contribution in [0.1, 0.15) is 28.4 Å². The summed E-state index contributed by atoms with van der Waals surface area (Å²) in [6.45, 7) is 9.46. The number of hydrogen-bond donors (Lipinski definition) is 1. The van der Waals surface area contributed by atoms with Gasteiger partial charge in [-0.15, -0.1) is 11.3 Å². The molecule has 4 nitrogen and oxygen atoms in total. The lowest BCUT2D eigenvalue weighted by Crippen LogP contribution is -2.51. The third-order valence-corrected chi connectivity index (χ3v) is 4.21. The summed E-state index contributed by atoms with van der Waals surface area (Å²) in [7, 11) is 0. The van der Waals surface area contributed by atoms with Gasteiger partial charge in [-0.25, -0.2) is 0 Å². The maximum absolute atomic E-state index is 12.3. The van der Waals surface area contributed by atoms with Crippen molar-refractivity contribution < 1.29 is 9.90 Å². The Morgan fingerprint density at radius 2 is 1.95 bits per heavy atom.